The molecule has 0 aromatic heterocycles. The molecule has 2 heterocycles. The van der Waals surface area contributed by atoms with Crippen molar-refractivity contribution in [2.75, 3.05) is 36.9 Å². The van der Waals surface area contributed by atoms with Gasteiger partial charge in [-0.3, -0.25) is 4.99 Å². The standard InChI is InChI=1S/C18H33N3O2S2.HI/c1-14(2)17-12-21(8-9-24-17)18(20-16-5-3-4-6-16)19-11-15-7-10-25(22,23)13-15;/h14-17H,3-13H2,1-2H3,(H,19,20);1H. The fraction of sp³-hybridized carbons (Fsp3) is 0.944. The van der Waals surface area contributed by atoms with Crippen LogP contribution in [0, 0.1) is 11.8 Å². The van der Waals surface area contributed by atoms with E-state index in [1.54, 1.807) is 0 Å². The lowest BCUT2D eigenvalue weighted by molar-refractivity contribution is 0.372. The maximum absolute atomic E-state index is 11.7. The second-order valence-electron chi connectivity index (χ2n) is 8.16. The smallest absolute Gasteiger partial charge is 0.194 e. The fourth-order valence-corrected chi connectivity index (χ4v) is 7.14. The van der Waals surface area contributed by atoms with Crippen molar-refractivity contribution in [1.29, 1.82) is 0 Å². The normalized spacial score (nSPS) is 29.8. The van der Waals surface area contributed by atoms with E-state index in [9.17, 15) is 8.42 Å². The van der Waals surface area contributed by atoms with Crippen LogP contribution in [0.5, 0.6) is 0 Å². The molecule has 8 heteroatoms. The van der Waals surface area contributed by atoms with Gasteiger partial charge in [0.2, 0.25) is 0 Å². The molecule has 0 spiro atoms. The van der Waals surface area contributed by atoms with Crippen LogP contribution >= 0.6 is 35.7 Å². The number of rotatable bonds is 4. The van der Waals surface area contributed by atoms with Gasteiger partial charge in [0.15, 0.2) is 15.8 Å². The molecule has 0 amide bonds. The van der Waals surface area contributed by atoms with Gasteiger partial charge in [-0.2, -0.15) is 11.8 Å². The van der Waals surface area contributed by atoms with Crippen LogP contribution in [0.2, 0.25) is 0 Å². The summed E-state index contributed by atoms with van der Waals surface area (Å²) in [7, 11) is -2.82. The summed E-state index contributed by atoms with van der Waals surface area (Å²) in [5.74, 6) is 3.70. The number of guanidine groups is 1. The molecule has 5 nitrogen and oxygen atoms in total. The van der Waals surface area contributed by atoms with Crippen molar-refractivity contribution in [2.45, 2.75) is 57.2 Å². The summed E-state index contributed by atoms with van der Waals surface area (Å²) in [4.78, 5) is 7.33. The third kappa shape index (κ3) is 6.43. The lowest BCUT2D eigenvalue weighted by Crippen LogP contribution is -2.51. The van der Waals surface area contributed by atoms with Gasteiger partial charge in [-0.15, -0.1) is 24.0 Å². The second-order valence-corrected chi connectivity index (χ2v) is 11.7. The van der Waals surface area contributed by atoms with Gasteiger partial charge in [0.1, 0.15) is 0 Å². The minimum atomic E-state index is -2.82. The highest BCUT2D eigenvalue weighted by Crippen LogP contribution is 2.26. The molecule has 3 rings (SSSR count). The number of hydrogen-bond donors (Lipinski definition) is 1. The third-order valence-corrected chi connectivity index (χ3v) is 9.03. The van der Waals surface area contributed by atoms with Crippen LogP contribution in [0.1, 0.15) is 46.0 Å². The molecule has 0 aromatic rings. The monoisotopic (exact) mass is 515 g/mol. The molecule has 3 aliphatic rings. The molecule has 1 saturated carbocycles. The average molecular weight is 516 g/mol. The number of thioether (sulfide) groups is 1. The number of aliphatic imine (C=N–C) groups is 1. The van der Waals surface area contributed by atoms with Gasteiger partial charge < -0.3 is 10.2 Å². The Labute approximate surface area is 180 Å². The van der Waals surface area contributed by atoms with Crippen molar-refractivity contribution in [3.8, 4) is 0 Å². The maximum atomic E-state index is 11.7. The molecule has 2 aliphatic heterocycles. The average Bonchev–Trinajstić information content (AvgIpc) is 3.20. The lowest BCUT2D eigenvalue weighted by Gasteiger charge is -2.37. The Morgan fingerprint density at radius 1 is 1.27 bits per heavy atom. The van der Waals surface area contributed by atoms with Crippen molar-refractivity contribution < 1.29 is 8.42 Å². The summed E-state index contributed by atoms with van der Waals surface area (Å²) in [6, 6.07) is 0.540. The van der Waals surface area contributed by atoms with E-state index < -0.39 is 9.84 Å². The van der Waals surface area contributed by atoms with Gasteiger partial charge in [-0.25, -0.2) is 8.42 Å². The summed E-state index contributed by atoms with van der Waals surface area (Å²) in [6.45, 7) is 7.32. The number of hydrogen-bond acceptors (Lipinski definition) is 4. The first-order chi connectivity index (χ1) is 11.9. The molecular formula is C18H34IN3O2S2. The van der Waals surface area contributed by atoms with Crippen molar-refractivity contribution in [3.05, 3.63) is 0 Å². The molecule has 1 N–H and O–H groups in total. The zero-order chi connectivity index (χ0) is 17.9. The number of halogens is 1. The SMILES string of the molecule is CC(C)C1CN(C(=NCC2CCS(=O)(=O)C2)NC2CCCC2)CCS1.I. The number of nitrogens with zero attached hydrogens (tertiary/aromatic N) is 2. The second kappa shape index (κ2) is 10.2. The molecule has 3 fully saturated rings. The van der Waals surface area contributed by atoms with Gasteiger partial charge >= 0.3 is 0 Å². The van der Waals surface area contributed by atoms with E-state index >= 15 is 0 Å². The van der Waals surface area contributed by atoms with E-state index in [1.807, 2.05) is 0 Å². The predicted octanol–water partition coefficient (Wildman–Crippen LogP) is 3.00. The first-order valence-corrected chi connectivity index (χ1v) is 12.7. The lowest BCUT2D eigenvalue weighted by atomic mass is 10.1. The van der Waals surface area contributed by atoms with Crippen molar-refractivity contribution >= 4 is 51.5 Å². The molecule has 2 saturated heterocycles. The molecule has 26 heavy (non-hydrogen) atoms. The highest BCUT2D eigenvalue weighted by Gasteiger charge is 2.30. The summed E-state index contributed by atoms with van der Waals surface area (Å²) in [5, 5.41) is 4.36. The topological polar surface area (TPSA) is 61.8 Å². The fourth-order valence-electron chi connectivity index (χ4n) is 3.99. The van der Waals surface area contributed by atoms with Gasteiger partial charge in [0.25, 0.3) is 0 Å². The molecule has 2 atom stereocenters. The van der Waals surface area contributed by atoms with Crippen LogP contribution in [0.4, 0.5) is 0 Å². The highest BCUT2D eigenvalue weighted by molar-refractivity contribution is 14.0. The quantitative estimate of drug-likeness (QED) is 0.355. The van der Waals surface area contributed by atoms with Crippen molar-refractivity contribution in [2.24, 2.45) is 16.8 Å². The molecule has 0 aromatic carbocycles. The Morgan fingerprint density at radius 2 is 2.00 bits per heavy atom. The van der Waals surface area contributed by atoms with Crippen molar-refractivity contribution in [3.63, 3.8) is 0 Å². The van der Waals surface area contributed by atoms with E-state index in [0.717, 1.165) is 31.2 Å². The molecule has 1 aliphatic carbocycles. The highest BCUT2D eigenvalue weighted by atomic mass is 127. The third-order valence-electron chi connectivity index (χ3n) is 5.65. The van der Waals surface area contributed by atoms with Gasteiger partial charge in [0, 0.05) is 36.7 Å². The Bertz CT molecular complexity index is 577. The van der Waals surface area contributed by atoms with E-state index in [-0.39, 0.29) is 29.9 Å². The minimum Gasteiger partial charge on any atom is -0.354 e. The Hall–Kier alpha value is 0.300. The van der Waals surface area contributed by atoms with E-state index in [0.29, 0.717) is 35.3 Å². The van der Waals surface area contributed by atoms with Gasteiger partial charge in [0.05, 0.1) is 11.5 Å². The van der Waals surface area contributed by atoms with Gasteiger partial charge in [-0.05, 0) is 31.1 Å². The van der Waals surface area contributed by atoms with Crippen LogP contribution in [-0.2, 0) is 9.84 Å². The summed E-state index contributed by atoms with van der Waals surface area (Å²) in [6.07, 6.45) is 5.83. The van der Waals surface area contributed by atoms with Crippen LogP contribution in [-0.4, -0.2) is 67.5 Å². The summed E-state index contributed by atoms with van der Waals surface area (Å²) < 4.78 is 23.4. The molecule has 2 unspecified atom stereocenters. The number of sulfone groups is 1. The minimum absolute atomic E-state index is 0. The first kappa shape index (κ1) is 22.6. The Morgan fingerprint density at radius 3 is 2.62 bits per heavy atom. The molecule has 152 valence electrons. The first-order valence-electron chi connectivity index (χ1n) is 9.81. The van der Waals surface area contributed by atoms with Gasteiger partial charge in [-0.1, -0.05) is 26.7 Å². The van der Waals surface area contributed by atoms with E-state index in [1.165, 1.54) is 25.7 Å². The largest absolute Gasteiger partial charge is 0.354 e. The number of nitrogens with one attached hydrogen (secondary N) is 1. The predicted molar refractivity (Wildman–Crippen MR) is 123 cm³/mol. The maximum Gasteiger partial charge on any atom is 0.194 e. The Balaban J connectivity index is 0.00000243. The van der Waals surface area contributed by atoms with Crippen LogP contribution in [0.25, 0.3) is 0 Å². The molecular weight excluding hydrogens is 481 g/mol. The van der Waals surface area contributed by atoms with Crippen LogP contribution < -0.4 is 5.32 Å². The molecule has 0 radical (unpaired) electrons. The van der Waals surface area contributed by atoms with Crippen LogP contribution in [0.15, 0.2) is 4.99 Å². The summed E-state index contributed by atoms with van der Waals surface area (Å²) in [5.41, 5.74) is 0. The Kier molecular flexibility index (Phi) is 8.85. The van der Waals surface area contributed by atoms with Crippen LogP contribution in [0.3, 0.4) is 0 Å². The molecule has 0 bridgehead atoms. The van der Waals surface area contributed by atoms with E-state index in [2.05, 4.69) is 35.8 Å². The van der Waals surface area contributed by atoms with Crippen molar-refractivity contribution in [1.82, 2.24) is 10.2 Å². The van der Waals surface area contributed by atoms with E-state index in [4.69, 9.17) is 4.99 Å². The zero-order valence-electron chi connectivity index (χ0n) is 16.0. The zero-order valence-corrected chi connectivity index (χ0v) is 20.0. The summed E-state index contributed by atoms with van der Waals surface area (Å²) >= 11 is 2.07.